The number of methoxy groups -OCH3 is 1. The van der Waals surface area contributed by atoms with E-state index in [1.165, 1.54) is 11.1 Å². The van der Waals surface area contributed by atoms with E-state index in [1.54, 1.807) is 19.2 Å². The molecule has 1 amide bonds. The van der Waals surface area contributed by atoms with E-state index in [0.717, 1.165) is 50.0 Å². The van der Waals surface area contributed by atoms with Gasteiger partial charge in [-0.3, -0.25) is 4.79 Å². The molecule has 1 aromatic rings. The van der Waals surface area contributed by atoms with Crippen LogP contribution < -0.4 is 0 Å². The van der Waals surface area contributed by atoms with Crippen molar-refractivity contribution in [3.63, 3.8) is 0 Å². The molecule has 22 heavy (non-hydrogen) atoms. The molecule has 1 atom stereocenters. The number of hydrogen-bond donors (Lipinski definition) is 1. The Morgan fingerprint density at radius 3 is 3.05 bits per heavy atom. The van der Waals surface area contributed by atoms with Crippen molar-refractivity contribution < 1.29 is 14.6 Å². The van der Waals surface area contributed by atoms with E-state index in [2.05, 4.69) is 6.08 Å². The van der Waals surface area contributed by atoms with Gasteiger partial charge < -0.3 is 14.7 Å². The lowest BCUT2D eigenvalue weighted by molar-refractivity contribution is -0.119. The lowest BCUT2D eigenvalue weighted by atomic mass is 9.82. The molecule has 1 aromatic carbocycles. The maximum absolute atomic E-state index is 11.4. The Morgan fingerprint density at radius 2 is 2.32 bits per heavy atom. The number of carbonyl (C=O) groups excluding carboxylic acids is 1. The van der Waals surface area contributed by atoms with Gasteiger partial charge in [-0.1, -0.05) is 17.7 Å². The Bertz CT molecular complexity index is 633. The third kappa shape index (κ3) is 2.86. The maximum atomic E-state index is 11.4. The van der Waals surface area contributed by atoms with Crippen LogP contribution in [-0.4, -0.2) is 36.1 Å². The fourth-order valence-corrected chi connectivity index (χ4v) is 3.43. The van der Waals surface area contributed by atoms with Crippen LogP contribution in [0.5, 0.6) is 5.75 Å². The van der Waals surface area contributed by atoms with Gasteiger partial charge in [-0.05, 0) is 48.6 Å². The second-order valence-corrected chi connectivity index (χ2v) is 5.87. The van der Waals surface area contributed by atoms with Gasteiger partial charge in [-0.25, -0.2) is 0 Å². The van der Waals surface area contributed by atoms with Crippen LogP contribution in [0.1, 0.15) is 24.8 Å². The Balaban J connectivity index is 1.87. The summed E-state index contributed by atoms with van der Waals surface area (Å²) >= 11 is 0. The van der Waals surface area contributed by atoms with E-state index in [9.17, 15) is 9.90 Å². The molecule has 3 rings (SSSR count). The van der Waals surface area contributed by atoms with Crippen molar-refractivity contribution in [1.29, 1.82) is 0 Å². The van der Waals surface area contributed by atoms with Crippen molar-refractivity contribution in [2.45, 2.75) is 31.7 Å². The van der Waals surface area contributed by atoms with Crippen LogP contribution in [0.15, 0.2) is 47.2 Å². The van der Waals surface area contributed by atoms with Gasteiger partial charge in [-0.2, -0.15) is 0 Å². The van der Waals surface area contributed by atoms with E-state index in [1.807, 2.05) is 17.0 Å². The smallest absolute Gasteiger partial charge is 0.210 e. The average molecular weight is 299 g/mol. The van der Waals surface area contributed by atoms with Gasteiger partial charge in [0.15, 0.2) is 0 Å². The molecule has 1 N–H and O–H groups in total. The van der Waals surface area contributed by atoms with Gasteiger partial charge >= 0.3 is 0 Å². The average Bonchev–Trinajstić information content (AvgIpc) is 2.54. The molecule has 1 aliphatic heterocycles. The van der Waals surface area contributed by atoms with Crippen LogP contribution in [-0.2, 0) is 16.0 Å². The monoisotopic (exact) mass is 299 g/mol. The molecular formula is C18H21NO3. The third-order valence-electron chi connectivity index (χ3n) is 4.60. The number of amides is 1. The second kappa shape index (κ2) is 6.26. The highest BCUT2D eigenvalue weighted by Gasteiger charge is 2.30. The largest absolute Gasteiger partial charge is 0.508 e. The number of phenols is 1. The lowest BCUT2D eigenvalue weighted by Crippen LogP contribution is -2.42. The van der Waals surface area contributed by atoms with Crippen LogP contribution in [0.3, 0.4) is 0 Å². The summed E-state index contributed by atoms with van der Waals surface area (Å²) in [4.78, 5) is 13.3. The fourth-order valence-electron chi connectivity index (χ4n) is 3.43. The fraction of sp³-hybridized carbons (Fsp3) is 0.389. The first-order chi connectivity index (χ1) is 10.7. The number of aromatic hydroxyl groups is 1. The summed E-state index contributed by atoms with van der Waals surface area (Å²) in [5, 5.41) is 9.64. The van der Waals surface area contributed by atoms with Crippen LogP contribution >= 0.6 is 0 Å². The van der Waals surface area contributed by atoms with E-state index in [0.29, 0.717) is 0 Å². The van der Waals surface area contributed by atoms with Gasteiger partial charge in [0.1, 0.15) is 5.75 Å². The molecule has 4 nitrogen and oxygen atoms in total. The number of ether oxygens (including phenoxy) is 1. The Hall–Kier alpha value is -2.23. The number of hydrogen-bond acceptors (Lipinski definition) is 3. The van der Waals surface area contributed by atoms with Gasteiger partial charge in [-0.15, -0.1) is 0 Å². The molecule has 0 bridgehead atoms. The van der Waals surface area contributed by atoms with Gasteiger partial charge in [0.05, 0.1) is 18.9 Å². The first kappa shape index (κ1) is 14.7. The zero-order chi connectivity index (χ0) is 15.5. The predicted molar refractivity (Wildman–Crippen MR) is 84.3 cm³/mol. The van der Waals surface area contributed by atoms with Gasteiger partial charge in [0, 0.05) is 13.0 Å². The predicted octanol–water partition coefficient (Wildman–Crippen LogP) is 2.79. The molecule has 1 heterocycles. The van der Waals surface area contributed by atoms with Gasteiger partial charge in [0.2, 0.25) is 6.41 Å². The second-order valence-electron chi connectivity index (χ2n) is 5.87. The van der Waals surface area contributed by atoms with E-state index < -0.39 is 0 Å². The number of phenolic OH excluding ortho intramolecular Hbond substituents is 1. The SMILES string of the molecule is COC1=CCC2=C(CCN(C=O)C2Cc2cccc(O)c2)C1. The molecular weight excluding hydrogens is 278 g/mol. The van der Waals surface area contributed by atoms with Crippen LogP contribution in [0.25, 0.3) is 0 Å². The summed E-state index contributed by atoms with van der Waals surface area (Å²) < 4.78 is 5.37. The number of rotatable bonds is 4. The van der Waals surface area contributed by atoms with Crippen molar-refractivity contribution in [2.75, 3.05) is 13.7 Å². The Labute approximate surface area is 130 Å². The summed E-state index contributed by atoms with van der Waals surface area (Å²) in [6.45, 7) is 0.753. The molecule has 0 saturated heterocycles. The van der Waals surface area contributed by atoms with Crippen molar-refractivity contribution in [1.82, 2.24) is 4.90 Å². The number of benzene rings is 1. The number of allylic oxidation sites excluding steroid dienone is 2. The number of nitrogens with zero attached hydrogens (tertiary/aromatic N) is 1. The first-order valence-electron chi connectivity index (χ1n) is 7.64. The first-order valence-corrected chi connectivity index (χ1v) is 7.64. The van der Waals surface area contributed by atoms with Crippen molar-refractivity contribution in [3.05, 3.63) is 52.8 Å². The highest BCUT2D eigenvalue weighted by Crippen LogP contribution is 2.35. The standard InChI is InChI=1S/C18H21NO3/c1-22-16-5-6-17-14(11-16)7-8-19(12-20)18(17)10-13-3-2-4-15(21)9-13/h2-5,9,12,18,21H,6-8,10-11H2,1H3. The van der Waals surface area contributed by atoms with Crippen molar-refractivity contribution >= 4 is 6.41 Å². The minimum Gasteiger partial charge on any atom is -0.508 e. The molecule has 0 fully saturated rings. The lowest BCUT2D eigenvalue weighted by Gasteiger charge is -2.38. The van der Waals surface area contributed by atoms with E-state index in [4.69, 9.17) is 4.74 Å². The minimum atomic E-state index is 0.0812. The summed E-state index contributed by atoms with van der Waals surface area (Å²) in [5.41, 5.74) is 3.79. The maximum Gasteiger partial charge on any atom is 0.210 e. The molecule has 0 aromatic heterocycles. The third-order valence-corrected chi connectivity index (χ3v) is 4.60. The summed E-state index contributed by atoms with van der Waals surface area (Å²) in [6.07, 6.45) is 6.42. The molecule has 0 saturated carbocycles. The molecule has 0 radical (unpaired) electrons. The summed E-state index contributed by atoms with van der Waals surface area (Å²) in [6, 6.07) is 7.37. The normalized spacial score (nSPS) is 21.2. The topological polar surface area (TPSA) is 49.8 Å². The summed E-state index contributed by atoms with van der Waals surface area (Å²) in [5.74, 6) is 1.29. The van der Waals surface area contributed by atoms with Crippen LogP contribution in [0, 0.1) is 0 Å². The van der Waals surface area contributed by atoms with Gasteiger partial charge in [0.25, 0.3) is 0 Å². The Morgan fingerprint density at radius 1 is 1.45 bits per heavy atom. The van der Waals surface area contributed by atoms with Crippen LogP contribution in [0.2, 0.25) is 0 Å². The van der Waals surface area contributed by atoms with E-state index >= 15 is 0 Å². The quantitative estimate of drug-likeness (QED) is 0.687. The molecule has 4 heteroatoms. The molecule has 116 valence electrons. The zero-order valence-electron chi connectivity index (χ0n) is 12.8. The van der Waals surface area contributed by atoms with Crippen LogP contribution in [0.4, 0.5) is 0 Å². The van der Waals surface area contributed by atoms with Crippen molar-refractivity contribution in [3.8, 4) is 5.75 Å². The van der Waals surface area contributed by atoms with Crippen molar-refractivity contribution in [2.24, 2.45) is 0 Å². The summed E-state index contributed by atoms with van der Waals surface area (Å²) in [7, 11) is 1.71. The zero-order valence-corrected chi connectivity index (χ0v) is 12.8. The minimum absolute atomic E-state index is 0.0812. The Kier molecular flexibility index (Phi) is 4.18. The molecule has 1 unspecified atom stereocenters. The van der Waals surface area contributed by atoms with E-state index in [-0.39, 0.29) is 11.8 Å². The highest BCUT2D eigenvalue weighted by atomic mass is 16.5. The highest BCUT2D eigenvalue weighted by molar-refractivity contribution is 5.52. The molecule has 1 aliphatic carbocycles. The molecule has 0 spiro atoms. The molecule has 2 aliphatic rings. The number of carbonyl (C=O) groups is 1.